The molecule has 2 rings (SSSR count). The average Bonchev–Trinajstić information content (AvgIpc) is 2.39. The second kappa shape index (κ2) is 6.21. The zero-order valence-electron chi connectivity index (χ0n) is 12.5. The molecule has 7 heteroatoms. The molecule has 0 bridgehead atoms. The van der Waals surface area contributed by atoms with E-state index in [1.54, 1.807) is 13.0 Å². The van der Waals surface area contributed by atoms with E-state index < -0.39 is 10.0 Å². The van der Waals surface area contributed by atoms with Gasteiger partial charge in [-0.15, -0.1) is 0 Å². The third-order valence-corrected chi connectivity index (χ3v) is 5.03. The molecule has 1 saturated heterocycles. The summed E-state index contributed by atoms with van der Waals surface area (Å²) in [4.78, 5) is 2.29. The first-order chi connectivity index (χ1) is 9.79. The van der Waals surface area contributed by atoms with E-state index in [2.05, 4.69) is 11.9 Å². The summed E-state index contributed by atoms with van der Waals surface area (Å²) in [7, 11) is -1.72. The number of likely N-dealkylation sites (tertiary alicyclic amines) is 1. The summed E-state index contributed by atoms with van der Waals surface area (Å²) in [6, 6.07) is 3.36. The van der Waals surface area contributed by atoms with Crippen molar-refractivity contribution < 1.29 is 13.2 Å². The van der Waals surface area contributed by atoms with Crippen LogP contribution in [0.5, 0.6) is 5.75 Å². The van der Waals surface area contributed by atoms with Crippen LogP contribution >= 0.6 is 0 Å². The summed E-state index contributed by atoms with van der Waals surface area (Å²) in [5.74, 6) is 0.484. The van der Waals surface area contributed by atoms with Gasteiger partial charge in [0.1, 0.15) is 12.4 Å². The molecule has 118 valence electrons. The molecule has 1 aromatic rings. The van der Waals surface area contributed by atoms with E-state index in [0.717, 1.165) is 13.0 Å². The van der Waals surface area contributed by atoms with Crippen molar-refractivity contribution in [1.82, 2.24) is 4.90 Å². The fourth-order valence-electron chi connectivity index (χ4n) is 2.67. The van der Waals surface area contributed by atoms with Gasteiger partial charge in [0, 0.05) is 23.4 Å². The van der Waals surface area contributed by atoms with Gasteiger partial charge in [0.05, 0.1) is 4.90 Å². The zero-order chi connectivity index (χ0) is 15.6. The number of nitrogen functional groups attached to an aromatic ring is 1. The van der Waals surface area contributed by atoms with Crippen molar-refractivity contribution in [2.45, 2.75) is 37.1 Å². The predicted octanol–water partition coefficient (Wildman–Crippen LogP) is 1.09. The smallest absolute Gasteiger partial charge is 0.238 e. The third-order valence-electron chi connectivity index (χ3n) is 3.99. The number of anilines is 1. The Morgan fingerprint density at radius 1 is 1.38 bits per heavy atom. The van der Waals surface area contributed by atoms with Gasteiger partial charge in [-0.25, -0.2) is 13.6 Å². The molecule has 1 aliphatic rings. The van der Waals surface area contributed by atoms with Crippen molar-refractivity contribution in [2.75, 3.05) is 25.9 Å². The van der Waals surface area contributed by atoms with Crippen LogP contribution in [0.25, 0.3) is 0 Å². The molecule has 1 heterocycles. The third kappa shape index (κ3) is 3.87. The largest absolute Gasteiger partial charge is 0.492 e. The van der Waals surface area contributed by atoms with Crippen LogP contribution in [0.3, 0.4) is 0 Å². The number of likely N-dealkylation sites (N-methyl/N-ethyl adjacent to an activating group) is 1. The predicted molar refractivity (Wildman–Crippen MR) is 82.7 cm³/mol. The maximum atomic E-state index is 11.6. The Bertz CT molecular complexity index is 616. The fourth-order valence-corrected chi connectivity index (χ4v) is 3.50. The van der Waals surface area contributed by atoms with E-state index in [0.29, 0.717) is 29.6 Å². The molecule has 4 N–H and O–H groups in total. The molecule has 0 spiro atoms. The second-order valence-corrected chi connectivity index (χ2v) is 7.16. The maximum Gasteiger partial charge on any atom is 0.238 e. The monoisotopic (exact) mass is 313 g/mol. The second-order valence-electron chi connectivity index (χ2n) is 5.63. The molecule has 0 radical (unpaired) electrons. The summed E-state index contributed by atoms with van der Waals surface area (Å²) in [6.45, 7) is 3.26. The lowest BCUT2D eigenvalue weighted by molar-refractivity contribution is 0.124. The molecular formula is C14H23N3O3S. The van der Waals surface area contributed by atoms with Gasteiger partial charge in [-0.1, -0.05) is 6.42 Å². The number of sulfonamides is 1. The summed E-state index contributed by atoms with van der Waals surface area (Å²) < 4.78 is 29.0. The highest BCUT2D eigenvalue weighted by Gasteiger charge is 2.21. The highest BCUT2D eigenvalue weighted by molar-refractivity contribution is 7.89. The SMILES string of the molecule is Cc1c(OCC2CCCCN2C)cc(N)cc1S(N)(=O)=O. The van der Waals surface area contributed by atoms with E-state index in [1.165, 1.54) is 18.9 Å². The molecule has 1 fully saturated rings. The van der Waals surface area contributed by atoms with Crippen LogP contribution in [0.2, 0.25) is 0 Å². The molecule has 21 heavy (non-hydrogen) atoms. The fraction of sp³-hybridized carbons (Fsp3) is 0.571. The van der Waals surface area contributed by atoms with Crippen molar-refractivity contribution in [3.05, 3.63) is 17.7 Å². The summed E-state index contributed by atoms with van der Waals surface area (Å²) in [5, 5.41) is 5.21. The van der Waals surface area contributed by atoms with Gasteiger partial charge in [-0.2, -0.15) is 0 Å². The quantitative estimate of drug-likeness (QED) is 0.811. The van der Waals surface area contributed by atoms with Crippen molar-refractivity contribution in [3.8, 4) is 5.75 Å². The number of piperidine rings is 1. The number of ether oxygens (including phenoxy) is 1. The van der Waals surface area contributed by atoms with Gasteiger partial charge in [-0.3, -0.25) is 0 Å². The normalized spacial score (nSPS) is 20.4. The number of nitrogens with two attached hydrogens (primary N) is 2. The highest BCUT2D eigenvalue weighted by Crippen LogP contribution is 2.28. The van der Waals surface area contributed by atoms with Gasteiger partial charge in [0.2, 0.25) is 10.0 Å². The standard InChI is InChI=1S/C14H23N3O3S/c1-10-13(7-11(15)8-14(10)21(16,18)19)20-9-12-5-3-4-6-17(12)2/h7-8,12H,3-6,9,15H2,1-2H3,(H2,16,18,19). The minimum atomic E-state index is -3.80. The van der Waals surface area contributed by atoms with E-state index >= 15 is 0 Å². The number of primary sulfonamides is 1. The van der Waals surface area contributed by atoms with Crippen molar-refractivity contribution in [3.63, 3.8) is 0 Å². The lowest BCUT2D eigenvalue weighted by Crippen LogP contribution is -2.40. The molecule has 0 saturated carbocycles. The number of benzene rings is 1. The van der Waals surface area contributed by atoms with Crippen molar-refractivity contribution >= 4 is 15.7 Å². The summed E-state index contributed by atoms with van der Waals surface area (Å²) >= 11 is 0. The van der Waals surface area contributed by atoms with Crippen LogP contribution in [0.4, 0.5) is 5.69 Å². The Labute approximate surface area is 126 Å². The number of rotatable bonds is 4. The molecular weight excluding hydrogens is 290 g/mol. The summed E-state index contributed by atoms with van der Waals surface area (Å²) in [6.07, 6.45) is 3.48. The first-order valence-corrected chi connectivity index (χ1v) is 8.59. The molecule has 6 nitrogen and oxygen atoms in total. The minimum absolute atomic E-state index is 0.0227. The Morgan fingerprint density at radius 2 is 2.10 bits per heavy atom. The summed E-state index contributed by atoms with van der Waals surface area (Å²) in [5.41, 5.74) is 6.59. The van der Waals surface area contributed by atoms with Crippen LogP contribution in [0.15, 0.2) is 17.0 Å². The molecule has 1 unspecified atom stereocenters. The Hall–Kier alpha value is -1.31. The van der Waals surface area contributed by atoms with Crippen molar-refractivity contribution in [1.29, 1.82) is 0 Å². The molecule has 0 aliphatic carbocycles. The molecule has 0 aromatic heterocycles. The number of nitrogens with zero attached hydrogens (tertiary/aromatic N) is 1. The van der Waals surface area contributed by atoms with Gasteiger partial charge >= 0.3 is 0 Å². The van der Waals surface area contributed by atoms with Crippen LogP contribution in [-0.2, 0) is 10.0 Å². The van der Waals surface area contributed by atoms with Gasteiger partial charge in [0.15, 0.2) is 0 Å². The van der Waals surface area contributed by atoms with Gasteiger partial charge in [0.25, 0.3) is 0 Å². The van der Waals surface area contributed by atoms with E-state index in [9.17, 15) is 8.42 Å². The maximum absolute atomic E-state index is 11.6. The Kier molecular flexibility index (Phi) is 4.75. The number of hydrogen-bond donors (Lipinski definition) is 2. The van der Waals surface area contributed by atoms with Crippen LogP contribution in [-0.4, -0.2) is 39.6 Å². The van der Waals surface area contributed by atoms with E-state index in [1.807, 2.05) is 0 Å². The van der Waals surface area contributed by atoms with Crippen LogP contribution in [0.1, 0.15) is 24.8 Å². The average molecular weight is 313 g/mol. The topological polar surface area (TPSA) is 98.7 Å². The van der Waals surface area contributed by atoms with Gasteiger partial charge in [-0.05, 0) is 39.4 Å². The number of hydrogen-bond acceptors (Lipinski definition) is 5. The molecule has 1 atom stereocenters. The molecule has 1 aliphatic heterocycles. The highest BCUT2D eigenvalue weighted by atomic mass is 32.2. The lowest BCUT2D eigenvalue weighted by atomic mass is 10.0. The minimum Gasteiger partial charge on any atom is -0.492 e. The first kappa shape index (κ1) is 16.1. The van der Waals surface area contributed by atoms with Crippen LogP contribution < -0.4 is 15.6 Å². The molecule has 1 aromatic carbocycles. The molecule has 0 amide bonds. The zero-order valence-corrected chi connectivity index (χ0v) is 13.3. The Morgan fingerprint density at radius 3 is 2.71 bits per heavy atom. The van der Waals surface area contributed by atoms with Gasteiger partial charge < -0.3 is 15.4 Å². The Balaban J connectivity index is 2.18. The first-order valence-electron chi connectivity index (χ1n) is 7.05. The van der Waals surface area contributed by atoms with Crippen LogP contribution in [0, 0.1) is 6.92 Å². The van der Waals surface area contributed by atoms with Crippen molar-refractivity contribution in [2.24, 2.45) is 5.14 Å². The van der Waals surface area contributed by atoms with E-state index in [-0.39, 0.29) is 4.90 Å². The lowest BCUT2D eigenvalue weighted by Gasteiger charge is -2.32. The van der Waals surface area contributed by atoms with E-state index in [4.69, 9.17) is 15.6 Å².